The maximum Gasteiger partial charge on any atom is 0.310 e. The summed E-state index contributed by atoms with van der Waals surface area (Å²) in [6, 6.07) is 18.9. The van der Waals surface area contributed by atoms with Crippen molar-refractivity contribution >= 4 is 33.8 Å². The number of pyridine rings is 1. The van der Waals surface area contributed by atoms with Crippen LogP contribution in [-0.4, -0.2) is 70.5 Å². The number of piperidine rings is 1. The summed E-state index contributed by atoms with van der Waals surface area (Å²) in [5.74, 6) is 0.300. The fourth-order valence-electron chi connectivity index (χ4n) is 6.20. The van der Waals surface area contributed by atoms with Gasteiger partial charge in [-0.3, -0.25) is 14.5 Å². The van der Waals surface area contributed by atoms with Crippen molar-refractivity contribution in [1.29, 1.82) is 0 Å². The van der Waals surface area contributed by atoms with Crippen molar-refractivity contribution in [2.24, 2.45) is 7.05 Å². The van der Waals surface area contributed by atoms with E-state index < -0.39 is 0 Å². The smallest absolute Gasteiger partial charge is 0.310 e. The van der Waals surface area contributed by atoms with Gasteiger partial charge in [0.05, 0.1) is 13.5 Å². The number of carbonyl (C=O) groups excluding carboxylic acids is 2. The number of carbonyl (C=O) groups is 2. The molecule has 1 aliphatic rings. The van der Waals surface area contributed by atoms with Gasteiger partial charge >= 0.3 is 5.97 Å². The molecule has 42 heavy (non-hydrogen) atoms. The number of hydrogen-bond acceptors (Lipinski definition) is 5. The van der Waals surface area contributed by atoms with Gasteiger partial charge in [0, 0.05) is 67.6 Å². The number of aryl methyl sites for hydroxylation is 1. The number of likely N-dealkylation sites (tertiary alicyclic amines) is 1. The summed E-state index contributed by atoms with van der Waals surface area (Å²) in [7, 11) is 7.08. The summed E-state index contributed by atoms with van der Waals surface area (Å²) in [6.45, 7) is 2.92. The normalized spacial score (nSPS) is 14.5. The number of nitrogens with zero attached hydrogens (tertiary/aromatic N) is 4. The first-order valence-corrected chi connectivity index (χ1v) is 14.5. The Morgan fingerprint density at radius 2 is 1.79 bits per heavy atom. The lowest BCUT2D eigenvalue weighted by atomic mass is 9.89. The maximum atomic E-state index is 12.2. The van der Waals surface area contributed by atoms with E-state index in [1.54, 1.807) is 19.0 Å². The number of nitrogens with one attached hydrogen (secondary N) is 1. The number of ether oxygens (including phenoxy) is 1. The van der Waals surface area contributed by atoms with Crippen LogP contribution in [0.2, 0.25) is 0 Å². The van der Waals surface area contributed by atoms with E-state index in [-0.39, 0.29) is 18.3 Å². The molecule has 0 saturated carbocycles. The van der Waals surface area contributed by atoms with Crippen LogP contribution in [0, 0.1) is 0 Å². The molecule has 1 aliphatic heterocycles. The van der Waals surface area contributed by atoms with Gasteiger partial charge in [-0.2, -0.15) is 0 Å². The van der Waals surface area contributed by atoms with E-state index in [1.807, 2.05) is 24.5 Å². The Hall–Kier alpha value is -4.43. The zero-order chi connectivity index (χ0) is 29.4. The molecule has 0 atom stereocenters. The third kappa shape index (κ3) is 5.30. The predicted octanol–water partition coefficient (Wildman–Crippen LogP) is 5.52. The van der Waals surface area contributed by atoms with Gasteiger partial charge in [0.15, 0.2) is 0 Å². The minimum Gasteiger partial charge on any atom is -0.469 e. The summed E-state index contributed by atoms with van der Waals surface area (Å²) in [4.78, 5) is 36.3. The fourth-order valence-corrected chi connectivity index (χ4v) is 6.20. The quantitative estimate of drug-likeness (QED) is 0.264. The summed E-state index contributed by atoms with van der Waals surface area (Å²) in [6.07, 6.45) is 6.19. The minimum atomic E-state index is -0.251. The van der Waals surface area contributed by atoms with Crippen LogP contribution in [0.3, 0.4) is 0 Å². The van der Waals surface area contributed by atoms with Crippen molar-refractivity contribution in [2.45, 2.75) is 31.7 Å². The summed E-state index contributed by atoms with van der Waals surface area (Å²) < 4.78 is 7.10. The molecule has 0 spiro atoms. The molecule has 1 fully saturated rings. The SMILES string of the molecule is COC(=O)Cc1c[nH]c2ccc(-c3ccnc4c3cc(CN3CCC(c5ccc(C(=O)N(C)C)cc5)CC3)n4C)cc12. The number of amides is 1. The van der Waals surface area contributed by atoms with Crippen LogP contribution in [0.5, 0.6) is 0 Å². The second kappa shape index (κ2) is 11.4. The van der Waals surface area contributed by atoms with Crippen LogP contribution in [-0.2, 0) is 29.5 Å². The van der Waals surface area contributed by atoms with Gasteiger partial charge in [-0.1, -0.05) is 18.2 Å². The van der Waals surface area contributed by atoms with Gasteiger partial charge in [0.1, 0.15) is 5.65 Å². The van der Waals surface area contributed by atoms with Crippen LogP contribution in [0.4, 0.5) is 0 Å². The van der Waals surface area contributed by atoms with Crippen LogP contribution in [0.25, 0.3) is 33.1 Å². The molecule has 0 aliphatic carbocycles. The monoisotopic (exact) mass is 563 g/mol. The molecule has 1 saturated heterocycles. The van der Waals surface area contributed by atoms with E-state index in [1.165, 1.54) is 18.4 Å². The first kappa shape index (κ1) is 27.7. The highest BCUT2D eigenvalue weighted by Gasteiger charge is 2.23. The molecule has 0 radical (unpaired) electrons. The van der Waals surface area contributed by atoms with Gasteiger partial charge in [0.2, 0.25) is 0 Å². The number of hydrogen-bond donors (Lipinski definition) is 1. The van der Waals surface area contributed by atoms with Gasteiger partial charge in [0.25, 0.3) is 5.91 Å². The van der Waals surface area contributed by atoms with Crippen LogP contribution in [0.1, 0.15) is 45.9 Å². The van der Waals surface area contributed by atoms with Crippen LogP contribution in [0.15, 0.2) is 67.0 Å². The molecule has 8 heteroatoms. The third-order valence-electron chi connectivity index (χ3n) is 8.68. The largest absolute Gasteiger partial charge is 0.469 e. The minimum absolute atomic E-state index is 0.0392. The van der Waals surface area contributed by atoms with E-state index in [2.05, 4.69) is 64.0 Å². The maximum absolute atomic E-state index is 12.2. The van der Waals surface area contributed by atoms with Gasteiger partial charge < -0.3 is 19.2 Å². The topological polar surface area (TPSA) is 83.5 Å². The molecule has 0 unspecified atom stereocenters. The molecule has 1 N–H and O–H groups in total. The molecule has 5 aromatic rings. The van der Waals surface area contributed by atoms with E-state index in [9.17, 15) is 9.59 Å². The average Bonchev–Trinajstić information content (AvgIpc) is 3.56. The highest BCUT2D eigenvalue weighted by Crippen LogP contribution is 2.34. The molecule has 216 valence electrons. The first-order valence-electron chi connectivity index (χ1n) is 14.5. The molecule has 4 heterocycles. The standard InChI is InChI=1S/C34H37N5O3/c1-37(2)34(41)24-7-5-22(6-8-24)23-12-15-39(16-13-23)21-27-19-30-28(11-14-35-33(30)38(27)3)25-9-10-31-29(17-25)26(20-36-31)18-32(40)42-4/h5-11,14,17,19-20,23,36H,12-13,15-16,18,21H2,1-4H3. The van der Waals surface area contributed by atoms with Crippen molar-refractivity contribution in [1.82, 2.24) is 24.3 Å². The Labute approximate surface area is 245 Å². The van der Waals surface area contributed by atoms with E-state index in [0.29, 0.717) is 5.92 Å². The molecule has 3 aromatic heterocycles. The van der Waals surface area contributed by atoms with Crippen molar-refractivity contribution in [3.8, 4) is 11.1 Å². The number of methoxy groups -OCH3 is 1. The fraction of sp³-hybridized carbons (Fsp3) is 0.324. The number of fused-ring (bicyclic) bond motifs is 2. The number of aromatic amines is 1. The first-order chi connectivity index (χ1) is 20.3. The van der Waals surface area contributed by atoms with E-state index >= 15 is 0 Å². The third-order valence-corrected chi connectivity index (χ3v) is 8.68. The van der Waals surface area contributed by atoms with E-state index in [4.69, 9.17) is 9.72 Å². The molecule has 2 aromatic carbocycles. The summed E-state index contributed by atoms with van der Waals surface area (Å²) in [5.41, 5.74) is 8.41. The number of esters is 1. The highest BCUT2D eigenvalue weighted by atomic mass is 16.5. The lowest BCUT2D eigenvalue weighted by Gasteiger charge is -2.32. The van der Waals surface area contributed by atoms with Gasteiger partial charge in [-0.05, 0) is 90.5 Å². The second-order valence-corrected chi connectivity index (χ2v) is 11.5. The Morgan fingerprint density at radius 1 is 1.02 bits per heavy atom. The number of rotatable bonds is 7. The van der Waals surface area contributed by atoms with E-state index in [0.717, 1.165) is 76.7 Å². The molecule has 1 amide bonds. The highest BCUT2D eigenvalue weighted by molar-refractivity contribution is 5.98. The Morgan fingerprint density at radius 3 is 2.50 bits per heavy atom. The number of aromatic nitrogens is 3. The van der Waals surface area contributed by atoms with Crippen molar-refractivity contribution in [2.75, 3.05) is 34.3 Å². The van der Waals surface area contributed by atoms with Crippen LogP contribution >= 0.6 is 0 Å². The summed E-state index contributed by atoms with van der Waals surface area (Å²) >= 11 is 0. The summed E-state index contributed by atoms with van der Waals surface area (Å²) in [5, 5.41) is 2.16. The molecule has 6 rings (SSSR count). The van der Waals surface area contributed by atoms with Crippen molar-refractivity contribution < 1.29 is 14.3 Å². The average molecular weight is 564 g/mol. The van der Waals surface area contributed by atoms with Crippen molar-refractivity contribution in [3.63, 3.8) is 0 Å². The van der Waals surface area contributed by atoms with Gasteiger partial charge in [-0.15, -0.1) is 0 Å². The second-order valence-electron chi connectivity index (χ2n) is 11.5. The Balaban J connectivity index is 1.19. The molecule has 8 nitrogen and oxygen atoms in total. The molecular formula is C34H37N5O3. The van der Waals surface area contributed by atoms with Crippen LogP contribution < -0.4 is 0 Å². The molecule has 0 bridgehead atoms. The Kier molecular flexibility index (Phi) is 7.56. The zero-order valence-electron chi connectivity index (χ0n) is 24.7. The Bertz CT molecular complexity index is 1760. The lowest BCUT2D eigenvalue weighted by Crippen LogP contribution is -2.33. The zero-order valence-corrected chi connectivity index (χ0v) is 24.7. The van der Waals surface area contributed by atoms with Gasteiger partial charge in [-0.25, -0.2) is 4.98 Å². The van der Waals surface area contributed by atoms with Crippen molar-refractivity contribution in [3.05, 3.63) is 89.4 Å². The number of H-pyrrole nitrogens is 1. The number of benzene rings is 2. The lowest BCUT2D eigenvalue weighted by molar-refractivity contribution is -0.139. The predicted molar refractivity (Wildman–Crippen MR) is 165 cm³/mol. The molecular weight excluding hydrogens is 526 g/mol.